The quantitative estimate of drug-likeness (QED) is 0.715. The number of nitrogens with one attached hydrogen (secondary N) is 2. The lowest BCUT2D eigenvalue weighted by Crippen LogP contribution is -2.27. The maximum absolute atomic E-state index is 13.0. The topological polar surface area (TPSA) is 67.0 Å². The highest BCUT2D eigenvalue weighted by atomic mass is 16.5. The van der Waals surface area contributed by atoms with E-state index in [0.717, 1.165) is 46.6 Å². The van der Waals surface area contributed by atoms with E-state index in [1.54, 1.807) is 13.3 Å². The minimum atomic E-state index is -0.460. The molecule has 0 radical (unpaired) electrons. The third kappa shape index (κ3) is 3.18. The monoisotopic (exact) mass is 363 g/mol. The Morgan fingerprint density at radius 2 is 2.00 bits per heavy atom. The number of carbonyl (C=O) groups is 1. The number of aromatic amines is 1. The molecule has 1 fully saturated rings. The molecule has 0 bridgehead atoms. The lowest BCUT2D eigenvalue weighted by atomic mass is 9.92. The van der Waals surface area contributed by atoms with Gasteiger partial charge in [-0.3, -0.25) is 4.79 Å². The summed E-state index contributed by atoms with van der Waals surface area (Å²) in [5.41, 5.74) is 3.26. The molecule has 140 valence electrons. The summed E-state index contributed by atoms with van der Waals surface area (Å²) in [5.74, 6) is 0.792. The Hall–Kier alpha value is -2.82. The maximum atomic E-state index is 13.0. The van der Waals surface area contributed by atoms with Gasteiger partial charge >= 0.3 is 0 Å². The number of hydrogen-bond acceptors (Lipinski definition) is 3. The van der Waals surface area contributed by atoms with E-state index in [-0.39, 0.29) is 11.3 Å². The Labute approximate surface area is 159 Å². The Bertz CT molecular complexity index is 1010. The molecule has 1 aliphatic rings. The number of amides is 1. The standard InChI is InChI=1S/C22H25N3O2/c1-21(2,3)18-11-14-10-16(13-23-19(14)25-18)24-20(26)22(8-9-22)15-6-5-7-17(12-15)27-4/h5-7,10-13H,8-9H2,1-4H3,(H,23,25)(H,24,26). The van der Waals surface area contributed by atoms with E-state index in [0.29, 0.717) is 0 Å². The fraction of sp³-hybridized carbons (Fsp3) is 0.364. The molecule has 1 saturated carbocycles. The zero-order valence-electron chi connectivity index (χ0n) is 16.2. The summed E-state index contributed by atoms with van der Waals surface area (Å²) in [6.07, 6.45) is 3.41. The van der Waals surface area contributed by atoms with Crippen LogP contribution >= 0.6 is 0 Å². The maximum Gasteiger partial charge on any atom is 0.235 e. The predicted molar refractivity (Wildman–Crippen MR) is 107 cm³/mol. The zero-order valence-corrected chi connectivity index (χ0v) is 16.2. The fourth-order valence-corrected chi connectivity index (χ4v) is 3.43. The van der Waals surface area contributed by atoms with Crippen LogP contribution < -0.4 is 10.1 Å². The van der Waals surface area contributed by atoms with Crippen LogP contribution in [0.3, 0.4) is 0 Å². The van der Waals surface area contributed by atoms with Gasteiger partial charge in [-0.25, -0.2) is 4.98 Å². The van der Waals surface area contributed by atoms with Gasteiger partial charge in [0.1, 0.15) is 11.4 Å². The van der Waals surface area contributed by atoms with E-state index >= 15 is 0 Å². The molecule has 0 saturated heterocycles. The van der Waals surface area contributed by atoms with Crippen molar-refractivity contribution >= 4 is 22.6 Å². The van der Waals surface area contributed by atoms with Gasteiger partial charge in [0.05, 0.1) is 24.4 Å². The molecular formula is C22H25N3O2. The number of nitrogens with zero attached hydrogens (tertiary/aromatic N) is 1. The molecule has 4 rings (SSSR count). The number of rotatable bonds is 4. The number of benzene rings is 1. The average Bonchev–Trinajstić information content (AvgIpc) is 3.34. The highest BCUT2D eigenvalue weighted by Crippen LogP contribution is 2.49. The first-order valence-corrected chi connectivity index (χ1v) is 9.27. The molecule has 1 amide bonds. The van der Waals surface area contributed by atoms with E-state index in [1.165, 1.54) is 0 Å². The first-order chi connectivity index (χ1) is 12.8. The number of hydrogen-bond donors (Lipinski definition) is 2. The highest BCUT2D eigenvalue weighted by Gasteiger charge is 2.51. The predicted octanol–water partition coefficient (Wildman–Crippen LogP) is 4.54. The van der Waals surface area contributed by atoms with Gasteiger partial charge in [-0.1, -0.05) is 32.9 Å². The number of anilines is 1. The zero-order chi connectivity index (χ0) is 19.2. The molecule has 2 heterocycles. The van der Waals surface area contributed by atoms with E-state index < -0.39 is 5.41 Å². The van der Waals surface area contributed by atoms with Crippen molar-refractivity contribution in [2.24, 2.45) is 0 Å². The molecular weight excluding hydrogens is 338 g/mol. The second kappa shape index (κ2) is 6.12. The first kappa shape index (κ1) is 17.6. The number of fused-ring (bicyclic) bond motifs is 1. The smallest absolute Gasteiger partial charge is 0.235 e. The van der Waals surface area contributed by atoms with Gasteiger partial charge in [0.2, 0.25) is 5.91 Å². The summed E-state index contributed by atoms with van der Waals surface area (Å²) in [6.45, 7) is 6.47. The number of ether oxygens (including phenoxy) is 1. The first-order valence-electron chi connectivity index (χ1n) is 9.27. The van der Waals surface area contributed by atoms with Gasteiger partial charge in [-0.05, 0) is 42.7 Å². The Morgan fingerprint density at radius 3 is 2.67 bits per heavy atom. The van der Waals surface area contributed by atoms with Gasteiger partial charge in [0, 0.05) is 16.5 Å². The molecule has 0 aliphatic heterocycles. The fourth-order valence-electron chi connectivity index (χ4n) is 3.43. The number of carbonyl (C=O) groups excluding carboxylic acids is 1. The summed E-state index contributed by atoms with van der Waals surface area (Å²) in [5, 5.41) is 4.07. The van der Waals surface area contributed by atoms with Crippen LogP contribution in [0.1, 0.15) is 44.9 Å². The van der Waals surface area contributed by atoms with Crippen LogP contribution in [0.2, 0.25) is 0 Å². The van der Waals surface area contributed by atoms with Crippen LogP contribution in [-0.4, -0.2) is 23.0 Å². The van der Waals surface area contributed by atoms with Crippen molar-refractivity contribution in [1.82, 2.24) is 9.97 Å². The van der Waals surface area contributed by atoms with Crippen LogP contribution in [0.5, 0.6) is 5.75 Å². The number of methoxy groups -OCH3 is 1. The normalized spacial score (nSPS) is 15.6. The van der Waals surface area contributed by atoms with Crippen molar-refractivity contribution in [3.63, 3.8) is 0 Å². The number of pyridine rings is 1. The third-order valence-corrected chi connectivity index (χ3v) is 5.34. The van der Waals surface area contributed by atoms with E-state index in [1.807, 2.05) is 30.3 Å². The molecule has 1 aliphatic carbocycles. The summed E-state index contributed by atoms with van der Waals surface area (Å²) in [7, 11) is 1.64. The molecule has 5 nitrogen and oxygen atoms in total. The van der Waals surface area contributed by atoms with Crippen molar-refractivity contribution in [2.75, 3.05) is 12.4 Å². The van der Waals surface area contributed by atoms with Gasteiger partial charge in [-0.15, -0.1) is 0 Å². The average molecular weight is 363 g/mol. The van der Waals surface area contributed by atoms with Crippen molar-refractivity contribution < 1.29 is 9.53 Å². The van der Waals surface area contributed by atoms with Crippen LogP contribution in [0.15, 0.2) is 42.6 Å². The van der Waals surface area contributed by atoms with Gasteiger partial charge in [-0.2, -0.15) is 0 Å². The minimum absolute atomic E-state index is 0.0171. The summed E-state index contributed by atoms with van der Waals surface area (Å²) in [4.78, 5) is 20.8. The van der Waals surface area contributed by atoms with Crippen LogP contribution in [0.4, 0.5) is 5.69 Å². The van der Waals surface area contributed by atoms with Gasteiger partial charge in [0.15, 0.2) is 0 Å². The third-order valence-electron chi connectivity index (χ3n) is 5.34. The van der Waals surface area contributed by atoms with Crippen LogP contribution in [0.25, 0.3) is 11.0 Å². The molecule has 0 unspecified atom stereocenters. The molecule has 0 spiro atoms. The van der Waals surface area contributed by atoms with Crippen LogP contribution in [-0.2, 0) is 15.6 Å². The second-order valence-electron chi connectivity index (χ2n) is 8.36. The Kier molecular flexibility index (Phi) is 3.98. The summed E-state index contributed by atoms with van der Waals surface area (Å²) < 4.78 is 5.31. The Balaban J connectivity index is 1.59. The van der Waals surface area contributed by atoms with E-state index in [4.69, 9.17) is 4.74 Å². The molecule has 27 heavy (non-hydrogen) atoms. The van der Waals surface area contributed by atoms with Crippen molar-refractivity contribution in [3.8, 4) is 5.75 Å². The van der Waals surface area contributed by atoms with Crippen molar-refractivity contribution in [1.29, 1.82) is 0 Å². The van der Waals surface area contributed by atoms with Gasteiger partial charge in [0.25, 0.3) is 0 Å². The van der Waals surface area contributed by atoms with E-state index in [2.05, 4.69) is 42.1 Å². The second-order valence-corrected chi connectivity index (χ2v) is 8.36. The Morgan fingerprint density at radius 1 is 1.22 bits per heavy atom. The highest BCUT2D eigenvalue weighted by molar-refractivity contribution is 6.02. The molecule has 3 aromatic rings. The van der Waals surface area contributed by atoms with E-state index in [9.17, 15) is 4.79 Å². The van der Waals surface area contributed by atoms with Crippen molar-refractivity contribution in [3.05, 3.63) is 53.9 Å². The lowest BCUT2D eigenvalue weighted by Gasteiger charge is -2.16. The molecule has 2 aromatic heterocycles. The molecule has 5 heteroatoms. The lowest BCUT2D eigenvalue weighted by molar-refractivity contribution is -0.118. The summed E-state index contributed by atoms with van der Waals surface area (Å²) in [6, 6.07) is 11.9. The van der Waals surface area contributed by atoms with Gasteiger partial charge < -0.3 is 15.0 Å². The van der Waals surface area contributed by atoms with Crippen LogP contribution in [0, 0.1) is 0 Å². The number of H-pyrrole nitrogens is 1. The SMILES string of the molecule is COc1cccc(C2(C(=O)Nc3cnc4[nH]c(C(C)(C)C)cc4c3)CC2)c1. The van der Waals surface area contributed by atoms with Crippen molar-refractivity contribution in [2.45, 2.75) is 44.4 Å². The molecule has 0 atom stereocenters. The molecule has 1 aromatic carbocycles. The summed E-state index contributed by atoms with van der Waals surface area (Å²) >= 11 is 0. The molecule has 2 N–H and O–H groups in total. The largest absolute Gasteiger partial charge is 0.497 e. The minimum Gasteiger partial charge on any atom is -0.497 e. The number of aromatic nitrogens is 2.